The van der Waals surface area contributed by atoms with Gasteiger partial charge in [0.25, 0.3) is 6.43 Å². The molecule has 0 atom stereocenters. The molecule has 0 saturated carbocycles. The molecule has 35 heavy (non-hydrogen) atoms. The van der Waals surface area contributed by atoms with Crippen LogP contribution in [0.25, 0.3) is 11.2 Å². The van der Waals surface area contributed by atoms with Gasteiger partial charge in [0.2, 0.25) is 5.91 Å². The Morgan fingerprint density at radius 2 is 1.80 bits per heavy atom. The molecule has 2 aliphatic rings. The predicted molar refractivity (Wildman–Crippen MR) is 114 cm³/mol. The topological polar surface area (TPSA) is 80.0 Å². The van der Waals surface area contributed by atoms with Crippen molar-refractivity contribution in [3.05, 3.63) is 42.0 Å². The lowest BCUT2D eigenvalue weighted by Crippen LogP contribution is -2.45. The first-order valence-corrected chi connectivity index (χ1v) is 11.2. The van der Waals surface area contributed by atoms with Crippen LogP contribution in [0.1, 0.15) is 30.5 Å². The maximum atomic E-state index is 13.3. The standard InChI is InChI=1S/C22H22F5N7O/c23-17(24)13-34-19-15(10-30-34)29-11-18(31-19)32-6-2-21(3-7-32)4-8-33(20(21)35)12-14-1-5-28-16(9-14)22(25,26)27/h1,5,9-11,17H,2-4,6-8,12-13H2. The molecule has 2 fully saturated rings. The van der Waals surface area contributed by atoms with Gasteiger partial charge >= 0.3 is 6.18 Å². The number of carbonyl (C=O) groups is 1. The van der Waals surface area contributed by atoms with E-state index in [2.05, 4.69) is 20.1 Å². The van der Waals surface area contributed by atoms with E-state index < -0.39 is 30.3 Å². The van der Waals surface area contributed by atoms with Gasteiger partial charge in [-0.2, -0.15) is 18.3 Å². The van der Waals surface area contributed by atoms with Gasteiger partial charge in [0.15, 0.2) is 5.65 Å². The van der Waals surface area contributed by atoms with E-state index in [-0.39, 0.29) is 18.1 Å². The minimum atomic E-state index is -4.54. The van der Waals surface area contributed by atoms with Crippen molar-refractivity contribution in [2.75, 3.05) is 24.5 Å². The Kier molecular flexibility index (Phi) is 5.80. The molecule has 5 heterocycles. The van der Waals surface area contributed by atoms with E-state index in [1.54, 1.807) is 11.1 Å². The Labute approximate surface area is 196 Å². The van der Waals surface area contributed by atoms with Gasteiger partial charge in [-0.1, -0.05) is 0 Å². The molecule has 3 aromatic rings. The van der Waals surface area contributed by atoms with Gasteiger partial charge in [-0.3, -0.25) is 9.78 Å². The molecule has 186 valence electrons. The molecule has 1 amide bonds. The summed E-state index contributed by atoms with van der Waals surface area (Å²) >= 11 is 0. The monoisotopic (exact) mass is 495 g/mol. The summed E-state index contributed by atoms with van der Waals surface area (Å²) in [4.78, 5) is 29.0. The van der Waals surface area contributed by atoms with Crippen LogP contribution in [-0.4, -0.2) is 61.6 Å². The number of amides is 1. The van der Waals surface area contributed by atoms with Gasteiger partial charge < -0.3 is 9.80 Å². The predicted octanol–water partition coefficient (Wildman–Crippen LogP) is 3.52. The molecule has 8 nitrogen and oxygen atoms in total. The van der Waals surface area contributed by atoms with Gasteiger partial charge in [-0.05, 0) is 37.0 Å². The number of hydrogen-bond acceptors (Lipinski definition) is 6. The summed E-state index contributed by atoms with van der Waals surface area (Å²) in [6, 6.07) is 2.47. The highest BCUT2D eigenvalue weighted by Gasteiger charge is 2.48. The van der Waals surface area contributed by atoms with Crippen LogP contribution in [0.15, 0.2) is 30.7 Å². The molecule has 2 saturated heterocycles. The summed E-state index contributed by atoms with van der Waals surface area (Å²) in [5.74, 6) is 0.473. The van der Waals surface area contributed by atoms with E-state index in [9.17, 15) is 26.7 Å². The number of fused-ring (bicyclic) bond motifs is 1. The molecule has 0 bridgehead atoms. The van der Waals surface area contributed by atoms with Crippen molar-refractivity contribution in [3.63, 3.8) is 0 Å². The molecule has 0 unspecified atom stereocenters. The Morgan fingerprint density at radius 1 is 1.06 bits per heavy atom. The second-order valence-electron chi connectivity index (χ2n) is 8.95. The first-order valence-electron chi connectivity index (χ1n) is 11.2. The quantitative estimate of drug-likeness (QED) is 0.504. The molecule has 13 heteroatoms. The van der Waals surface area contributed by atoms with Crippen LogP contribution < -0.4 is 4.90 Å². The Balaban J connectivity index is 1.26. The number of piperidine rings is 1. The number of halogens is 5. The fourth-order valence-corrected chi connectivity index (χ4v) is 4.88. The maximum absolute atomic E-state index is 13.3. The molecule has 1 spiro atoms. The van der Waals surface area contributed by atoms with E-state index in [1.807, 2.05) is 4.90 Å². The first kappa shape index (κ1) is 23.4. The van der Waals surface area contributed by atoms with Crippen LogP contribution in [0.4, 0.5) is 27.8 Å². The normalized spacial score (nSPS) is 18.4. The van der Waals surface area contributed by atoms with Crippen molar-refractivity contribution in [3.8, 4) is 0 Å². The third-order valence-corrected chi connectivity index (χ3v) is 6.78. The molecular formula is C22H22F5N7O. The van der Waals surface area contributed by atoms with Gasteiger partial charge in [0.05, 0.1) is 17.8 Å². The van der Waals surface area contributed by atoms with Crippen LogP contribution in [0.5, 0.6) is 0 Å². The van der Waals surface area contributed by atoms with Gasteiger partial charge in [-0.25, -0.2) is 23.4 Å². The number of hydrogen-bond donors (Lipinski definition) is 0. The summed E-state index contributed by atoms with van der Waals surface area (Å²) in [5, 5.41) is 3.93. The molecular weight excluding hydrogens is 473 g/mol. The summed E-state index contributed by atoms with van der Waals surface area (Å²) in [7, 11) is 0. The first-order chi connectivity index (χ1) is 16.6. The SMILES string of the molecule is O=C1N(Cc2ccnc(C(F)(F)F)c2)CCC12CCN(c1cnc3cnn(CC(F)F)c3n1)CC2. The zero-order valence-corrected chi connectivity index (χ0v) is 18.5. The van der Waals surface area contributed by atoms with E-state index in [4.69, 9.17) is 0 Å². The summed E-state index contributed by atoms with van der Waals surface area (Å²) < 4.78 is 65.7. The van der Waals surface area contributed by atoms with Crippen LogP contribution in [0.3, 0.4) is 0 Å². The lowest BCUT2D eigenvalue weighted by Gasteiger charge is -2.38. The van der Waals surface area contributed by atoms with Crippen LogP contribution >= 0.6 is 0 Å². The minimum absolute atomic E-state index is 0.0564. The van der Waals surface area contributed by atoms with Crippen molar-refractivity contribution >= 4 is 22.9 Å². The van der Waals surface area contributed by atoms with E-state index in [1.165, 1.54) is 12.3 Å². The Morgan fingerprint density at radius 3 is 2.51 bits per heavy atom. The minimum Gasteiger partial charge on any atom is -0.355 e. The third-order valence-electron chi connectivity index (χ3n) is 6.78. The zero-order chi connectivity index (χ0) is 24.8. The number of rotatable bonds is 5. The van der Waals surface area contributed by atoms with Crippen LogP contribution in [0.2, 0.25) is 0 Å². The smallest absolute Gasteiger partial charge is 0.355 e. The van der Waals surface area contributed by atoms with Crippen molar-refractivity contribution in [2.45, 2.75) is 45.0 Å². The van der Waals surface area contributed by atoms with E-state index in [0.29, 0.717) is 55.8 Å². The molecule has 0 N–H and O–H groups in total. The van der Waals surface area contributed by atoms with Crippen molar-refractivity contribution < 1.29 is 26.7 Å². The van der Waals surface area contributed by atoms with Crippen LogP contribution in [-0.2, 0) is 24.1 Å². The summed E-state index contributed by atoms with van der Waals surface area (Å²) in [6.45, 7) is 1.05. The molecule has 2 aliphatic heterocycles. The second-order valence-corrected chi connectivity index (χ2v) is 8.95. The fraction of sp³-hybridized carbons (Fsp3) is 0.500. The second kappa shape index (κ2) is 8.68. The molecule has 3 aromatic heterocycles. The number of carbonyl (C=O) groups excluding carboxylic acids is 1. The largest absolute Gasteiger partial charge is 0.433 e. The van der Waals surface area contributed by atoms with Crippen molar-refractivity contribution in [2.24, 2.45) is 5.41 Å². The number of nitrogens with zero attached hydrogens (tertiary/aromatic N) is 7. The Hall–Kier alpha value is -3.38. The number of pyridine rings is 1. The summed E-state index contributed by atoms with van der Waals surface area (Å²) in [6.07, 6.45) is -1.29. The van der Waals surface area contributed by atoms with Gasteiger partial charge in [-0.15, -0.1) is 0 Å². The van der Waals surface area contributed by atoms with Gasteiger partial charge in [0, 0.05) is 32.4 Å². The highest BCUT2D eigenvalue weighted by atomic mass is 19.4. The maximum Gasteiger partial charge on any atom is 0.433 e. The summed E-state index contributed by atoms with van der Waals surface area (Å²) in [5.41, 5.74) is -0.446. The van der Waals surface area contributed by atoms with E-state index in [0.717, 1.165) is 16.9 Å². The number of anilines is 1. The average molecular weight is 495 g/mol. The third kappa shape index (κ3) is 4.50. The van der Waals surface area contributed by atoms with Crippen LogP contribution in [0, 0.1) is 5.41 Å². The lowest BCUT2D eigenvalue weighted by atomic mass is 9.77. The number of aromatic nitrogens is 5. The van der Waals surface area contributed by atoms with Crippen molar-refractivity contribution in [1.29, 1.82) is 0 Å². The zero-order valence-electron chi connectivity index (χ0n) is 18.5. The molecule has 0 radical (unpaired) electrons. The highest BCUT2D eigenvalue weighted by Crippen LogP contribution is 2.42. The van der Waals surface area contributed by atoms with Gasteiger partial charge in [0.1, 0.15) is 23.6 Å². The number of likely N-dealkylation sites (tertiary alicyclic amines) is 1. The molecule has 5 rings (SSSR count). The molecule has 0 aromatic carbocycles. The highest BCUT2D eigenvalue weighted by molar-refractivity contribution is 5.85. The van der Waals surface area contributed by atoms with E-state index >= 15 is 0 Å². The van der Waals surface area contributed by atoms with Crippen molar-refractivity contribution in [1.82, 2.24) is 29.6 Å². The average Bonchev–Trinajstić information content (AvgIpc) is 3.35. The molecule has 0 aliphatic carbocycles. The Bertz CT molecular complexity index is 1240. The number of alkyl halides is 5. The lowest BCUT2D eigenvalue weighted by molar-refractivity contribution is -0.141. The fourth-order valence-electron chi connectivity index (χ4n) is 4.88.